The summed E-state index contributed by atoms with van der Waals surface area (Å²) in [6, 6.07) is 6.77. The van der Waals surface area contributed by atoms with E-state index in [0.29, 0.717) is 43.7 Å². The maximum absolute atomic E-state index is 12.8. The molecule has 3 aliphatic heterocycles. The Morgan fingerprint density at radius 3 is 2.32 bits per heavy atom. The third-order valence-electron chi connectivity index (χ3n) is 7.45. The van der Waals surface area contributed by atoms with Crippen LogP contribution in [0.15, 0.2) is 35.5 Å². The Morgan fingerprint density at radius 1 is 1.09 bits per heavy atom. The maximum Gasteiger partial charge on any atom is 0.338 e. The number of amides is 3. The van der Waals surface area contributed by atoms with E-state index in [2.05, 4.69) is 20.4 Å². The molecule has 3 heterocycles. The van der Waals surface area contributed by atoms with Crippen LogP contribution in [0.5, 0.6) is 0 Å². The molecule has 184 valence electrons. The topological polar surface area (TPSA) is 117 Å². The minimum absolute atomic E-state index is 0.252. The van der Waals surface area contributed by atoms with Crippen molar-refractivity contribution in [2.24, 2.45) is 5.73 Å². The number of likely N-dealkylation sites (tertiary alicyclic amines) is 2. The highest BCUT2D eigenvalue weighted by atomic mass is 16.5. The molecule has 3 aliphatic rings. The molecule has 0 aromatic heterocycles. The zero-order valence-electron chi connectivity index (χ0n) is 20.1. The molecule has 0 bridgehead atoms. The summed E-state index contributed by atoms with van der Waals surface area (Å²) in [5.41, 5.74) is 8.14. The molecule has 1 aromatic carbocycles. The van der Waals surface area contributed by atoms with Crippen LogP contribution in [0.2, 0.25) is 0 Å². The molecule has 1 atom stereocenters. The number of rotatable bonds is 6. The summed E-state index contributed by atoms with van der Waals surface area (Å²) in [7, 11) is 1.34. The van der Waals surface area contributed by atoms with Gasteiger partial charge in [-0.2, -0.15) is 0 Å². The van der Waals surface area contributed by atoms with E-state index in [1.807, 2.05) is 31.2 Å². The molecule has 0 unspecified atom stereocenters. The maximum atomic E-state index is 12.8. The number of carbonyl (C=O) groups is 3. The molecule has 2 saturated heterocycles. The SMILES string of the molecule is COC(=O)C1=C(CN2CCC(C(N)=O)(N3CCCCC3)CC2)NC(=O)N[C@@H]1c1ccc(C)cc1. The Labute approximate surface area is 200 Å². The zero-order chi connectivity index (χ0) is 24.3. The summed E-state index contributed by atoms with van der Waals surface area (Å²) >= 11 is 0. The number of hydrogen-bond donors (Lipinski definition) is 3. The second-order valence-electron chi connectivity index (χ2n) is 9.55. The van der Waals surface area contributed by atoms with Gasteiger partial charge in [-0.15, -0.1) is 0 Å². The summed E-state index contributed by atoms with van der Waals surface area (Å²) < 4.78 is 5.09. The molecule has 0 radical (unpaired) electrons. The third kappa shape index (κ3) is 4.81. The van der Waals surface area contributed by atoms with Gasteiger partial charge in [0.15, 0.2) is 0 Å². The van der Waals surface area contributed by atoms with E-state index in [1.54, 1.807) is 0 Å². The molecule has 4 rings (SSSR count). The van der Waals surface area contributed by atoms with Crippen LogP contribution in [-0.4, -0.2) is 73.1 Å². The molecular formula is C25H35N5O4. The van der Waals surface area contributed by atoms with Gasteiger partial charge >= 0.3 is 12.0 Å². The lowest BCUT2D eigenvalue weighted by Gasteiger charge is -2.48. The van der Waals surface area contributed by atoms with E-state index in [9.17, 15) is 14.4 Å². The molecule has 2 fully saturated rings. The number of carbonyl (C=O) groups excluding carboxylic acids is 3. The predicted molar refractivity (Wildman–Crippen MR) is 128 cm³/mol. The van der Waals surface area contributed by atoms with Crippen molar-refractivity contribution < 1.29 is 19.1 Å². The van der Waals surface area contributed by atoms with Gasteiger partial charge in [-0.1, -0.05) is 36.2 Å². The number of piperidine rings is 2. The average Bonchev–Trinajstić information content (AvgIpc) is 2.84. The molecule has 0 aliphatic carbocycles. The molecule has 0 spiro atoms. The van der Waals surface area contributed by atoms with Crippen molar-refractivity contribution in [1.29, 1.82) is 0 Å². The van der Waals surface area contributed by atoms with Gasteiger partial charge in [0, 0.05) is 25.3 Å². The number of esters is 1. The number of nitrogens with one attached hydrogen (secondary N) is 2. The number of urea groups is 1. The lowest BCUT2D eigenvalue weighted by atomic mass is 9.83. The largest absolute Gasteiger partial charge is 0.466 e. The first-order valence-corrected chi connectivity index (χ1v) is 12.1. The van der Waals surface area contributed by atoms with Crippen molar-refractivity contribution in [3.63, 3.8) is 0 Å². The first-order chi connectivity index (χ1) is 16.3. The minimum Gasteiger partial charge on any atom is -0.466 e. The van der Waals surface area contributed by atoms with Crippen LogP contribution in [0.3, 0.4) is 0 Å². The Kier molecular flexibility index (Phi) is 7.23. The van der Waals surface area contributed by atoms with Crippen LogP contribution in [0.25, 0.3) is 0 Å². The van der Waals surface area contributed by atoms with Crippen molar-refractivity contribution in [3.05, 3.63) is 46.7 Å². The van der Waals surface area contributed by atoms with E-state index in [0.717, 1.165) is 37.1 Å². The summed E-state index contributed by atoms with van der Waals surface area (Å²) in [5, 5.41) is 5.69. The average molecular weight is 470 g/mol. The third-order valence-corrected chi connectivity index (χ3v) is 7.45. The highest BCUT2D eigenvalue weighted by Crippen LogP contribution is 2.33. The summed E-state index contributed by atoms with van der Waals surface area (Å²) in [4.78, 5) is 42.3. The van der Waals surface area contributed by atoms with Crippen LogP contribution in [0.4, 0.5) is 4.79 Å². The standard InChI is InChI=1S/C25H35N5O4/c1-17-6-8-18(9-7-17)21-20(22(31)34-2)19(27-24(33)28-21)16-29-14-10-25(11-15-29,23(26)32)30-12-4-3-5-13-30/h6-9,21H,3-5,10-16H2,1-2H3,(H2,26,32)(H2,27,28,33)/t21-/m1/s1. The lowest BCUT2D eigenvalue weighted by molar-refractivity contribution is -0.136. The van der Waals surface area contributed by atoms with Crippen LogP contribution < -0.4 is 16.4 Å². The minimum atomic E-state index is -0.613. The molecular weight excluding hydrogens is 434 g/mol. The van der Waals surface area contributed by atoms with Crippen LogP contribution >= 0.6 is 0 Å². The smallest absolute Gasteiger partial charge is 0.338 e. The molecule has 9 heteroatoms. The first kappa shape index (κ1) is 24.2. The number of aryl methyl sites for hydroxylation is 1. The van der Waals surface area contributed by atoms with Crippen LogP contribution in [0, 0.1) is 6.92 Å². The fourth-order valence-electron chi connectivity index (χ4n) is 5.45. The second-order valence-corrected chi connectivity index (χ2v) is 9.55. The number of ether oxygens (including phenoxy) is 1. The fraction of sp³-hybridized carbons (Fsp3) is 0.560. The van der Waals surface area contributed by atoms with Gasteiger partial charge in [0.2, 0.25) is 5.91 Å². The van der Waals surface area contributed by atoms with Gasteiger partial charge in [-0.3, -0.25) is 14.6 Å². The normalized spacial score (nSPS) is 23.7. The highest BCUT2D eigenvalue weighted by molar-refractivity contribution is 5.95. The van der Waals surface area contributed by atoms with E-state index in [-0.39, 0.29) is 11.9 Å². The Balaban J connectivity index is 1.56. The van der Waals surface area contributed by atoms with Crippen molar-refractivity contribution in [3.8, 4) is 0 Å². The number of nitrogens with zero attached hydrogens (tertiary/aromatic N) is 2. The Hall–Kier alpha value is -2.91. The van der Waals surface area contributed by atoms with Gasteiger partial charge in [0.05, 0.1) is 18.7 Å². The van der Waals surface area contributed by atoms with Crippen LogP contribution in [-0.2, 0) is 14.3 Å². The number of benzene rings is 1. The lowest BCUT2D eigenvalue weighted by Crippen LogP contribution is -2.63. The van der Waals surface area contributed by atoms with Gasteiger partial charge in [-0.05, 0) is 51.3 Å². The number of nitrogens with two attached hydrogens (primary N) is 1. The highest BCUT2D eigenvalue weighted by Gasteiger charge is 2.45. The van der Waals surface area contributed by atoms with Crippen molar-refractivity contribution in [2.75, 3.05) is 39.8 Å². The number of hydrogen-bond acceptors (Lipinski definition) is 6. The molecule has 3 amide bonds. The molecule has 9 nitrogen and oxygen atoms in total. The van der Waals surface area contributed by atoms with E-state index in [4.69, 9.17) is 10.5 Å². The van der Waals surface area contributed by atoms with Gasteiger partial charge in [0.25, 0.3) is 0 Å². The monoisotopic (exact) mass is 469 g/mol. The van der Waals surface area contributed by atoms with Gasteiger partial charge in [0.1, 0.15) is 5.54 Å². The van der Waals surface area contributed by atoms with E-state index in [1.165, 1.54) is 13.5 Å². The number of methoxy groups -OCH3 is 1. The van der Waals surface area contributed by atoms with Crippen LogP contribution in [0.1, 0.15) is 49.3 Å². The molecule has 4 N–H and O–H groups in total. The van der Waals surface area contributed by atoms with E-state index < -0.39 is 17.6 Å². The van der Waals surface area contributed by atoms with Gasteiger partial charge in [-0.25, -0.2) is 9.59 Å². The number of primary amides is 1. The second kappa shape index (κ2) is 10.1. The zero-order valence-corrected chi connectivity index (χ0v) is 20.1. The van der Waals surface area contributed by atoms with Gasteiger partial charge < -0.3 is 21.1 Å². The van der Waals surface area contributed by atoms with Crippen molar-refractivity contribution >= 4 is 17.9 Å². The van der Waals surface area contributed by atoms with Crippen molar-refractivity contribution in [1.82, 2.24) is 20.4 Å². The Morgan fingerprint density at radius 2 is 1.74 bits per heavy atom. The quantitative estimate of drug-likeness (QED) is 0.545. The summed E-state index contributed by atoms with van der Waals surface area (Å²) in [5.74, 6) is -0.733. The first-order valence-electron chi connectivity index (χ1n) is 12.1. The van der Waals surface area contributed by atoms with E-state index >= 15 is 0 Å². The fourth-order valence-corrected chi connectivity index (χ4v) is 5.45. The Bertz CT molecular complexity index is 960. The predicted octanol–water partition coefficient (Wildman–Crippen LogP) is 1.58. The molecule has 1 aromatic rings. The van der Waals surface area contributed by atoms with Crippen molar-refractivity contribution in [2.45, 2.75) is 50.6 Å². The summed E-state index contributed by atoms with van der Waals surface area (Å²) in [6.45, 7) is 5.47. The summed E-state index contributed by atoms with van der Waals surface area (Å²) in [6.07, 6.45) is 4.65. The molecule has 34 heavy (non-hydrogen) atoms. The molecule has 0 saturated carbocycles.